The highest BCUT2D eigenvalue weighted by Gasteiger charge is 2.14. The lowest BCUT2D eigenvalue weighted by atomic mass is 10.1. The van der Waals surface area contributed by atoms with Crippen molar-refractivity contribution in [2.45, 2.75) is 23.6 Å². The van der Waals surface area contributed by atoms with Crippen molar-refractivity contribution in [3.63, 3.8) is 0 Å². The van der Waals surface area contributed by atoms with E-state index in [0.717, 1.165) is 43.4 Å². The van der Waals surface area contributed by atoms with Crippen LogP contribution in [0.1, 0.15) is 11.5 Å². The first kappa shape index (κ1) is 15.0. The van der Waals surface area contributed by atoms with Gasteiger partial charge < -0.3 is 9.51 Å². The van der Waals surface area contributed by atoms with E-state index in [9.17, 15) is 4.39 Å². The highest BCUT2D eigenvalue weighted by Crippen LogP contribution is 2.36. The fourth-order valence-corrected chi connectivity index (χ4v) is 3.71. The largest absolute Gasteiger partial charge is 0.361 e. The van der Waals surface area contributed by atoms with E-state index in [1.54, 1.807) is 6.07 Å². The Balaban J connectivity index is 1.79. The lowest BCUT2D eigenvalue weighted by Crippen LogP contribution is -1.85. The maximum absolute atomic E-state index is 13.4. The van der Waals surface area contributed by atoms with Gasteiger partial charge in [-0.2, -0.15) is 0 Å². The van der Waals surface area contributed by atoms with Crippen LogP contribution in [0.2, 0.25) is 0 Å². The Bertz CT molecular complexity index is 1020. The van der Waals surface area contributed by atoms with Gasteiger partial charge in [0.05, 0.1) is 5.69 Å². The maximum atomic E-state index is 13.4. The number of aromatic nitrogens is 3. The lowest BCUT2D eigenvalue weighted by Gasteiger charge is -2.03. The highest BCUT2D eigenvalue weighted by molar-refractivity contribution is 7.99. The van der Waals surface area contributed by atoms with E-state index in [0.29, 0.717) is 0 Å². The van der Waals surface area contributed by atoms with Crippen LogP contribution in [0.15, 0.2) is 57.0 Å². The number of hydrogen-bond donors (Lipinski definition) is 1. The van der Waals surface area contributed by atoms with E-state index in [1.807, 2.05) is 32.3 Å². The molecule has 4 aromatic rings. The van der Waals surface area contributed by atoms with Crippen molar-refractivity contribution < 1.29 is 8.91 Å². The summed E-state index contributed by atoms with van der Waals surface area (Å²) in [5.74, 6) is 0.526. The first-order valence-electron chi connectivity index (χ1n) is 7.45. The monoisotopic (exact) mass is 339 g/mol. The number of nitrogens with one attached hydrogen (secondary N) is 1. The molecule has 3 aromatic heterocycles. The van der Waals surface area contributed by atoms with Gasteiger partial charge in [0, 0.05) is 38.7 Å². The number of H-pyrrole nitrogens is 1. The number of hydrogen-bond acceptors (Lipinski definition) is 4. The van der Waals surface area contributed by atoms with Gasteiger partial charge in [0.1, 0.15) is 17.2 Å². The van der Waals surface area contributed by atoms with Crippen LogP contribution in [0.3, 0.4) is 0 Å². The molecule has 3 heterocycles. The number of halogens is 1. The SMILES string of the molecule is Cc1noc(C)c1-c1cnc2[nH]cc(Sc3cccc(F)c3)c2c1. The van der Waals surface area contributed by atoms with E-state index >= 15 is 0 Å². The van der Waals surface area contributed by atoms with Crippen LogP contribution in [0.4, 0.5) is 4.39 Å². The predicted molar refractivity (Wildman–Crippen MR) is 91.6 cm³/mol. The summed E-state index contributed by atoms with van der Waals surface area (Å²) in [6.07, 6.45) is 3.70. The molecule has 0 saturated heterocycles. The Labute approximate surface area is 142 Å². The van der Waals surface area contributed by atoms with Crippen LogP contribution < -0.4 is 0 Å². The molecule has 0 bridgehead atoms. The zero-order valence-corrected chi connectivity index (χ0v) is 13.9. The summed E-state index contributed by atoms with van der Waals surface area (Å²) in [4.78, 5) is 9.49. The van der Waals surface area contributed by atoms with Crippen molar-refractivity contribution in [1.82, 2.24) is 15.1 Å². The van der Waals surface area contributed by atoms with Crippen LogP contribution in [-0.2, 0) is 0 Å². The molecule has 4 rings (SSSR count). The topological polar surface area (TPSA) is 54.7 Å². The van der Waals surface area contributed by atoms with Gasteiger partial charge in [-0.15, -0.1) is 0 Å². The number of nitrogens with zero attached hydrogens (tertiary/aromatic N) is 2. The molecule has 0 unspecified atom stereocenters. The van der Waals surface area contributed by atoms with E-state index < -0.39 is 0 Å². The van der Waals surface area contributed by atoms with Crippen molar-refractivity contribution in [3.05, 3.63) is 60.0 Å². The maximum Gasteiger partial charge on any atom is 0.141 e. The summed E-state index contributed by atoms with van der Waals surface area (Å²) in [7, 11) is 0. The van der Waals surface area contributed by atoms with Gasteiger partial charge >= 0.3 is 0 Å². The molecule has 6 heteroatoms. The smallest absolute Gasteiger partial charge is 0.141 e. The van der Waals surface area contributed by atoms with Gasteiger partial charge in [0.2, 0.25) is 0 Å². The first-order chi connectivity index (χ1) is 11.6. The van der Waals surface area contributed by atoms with Crippen LogP contribution >= 0.6 is 11.8 Å². The Morgan fingerprint density at radius 3 is 2.83 bits per heavy atom. The van der Waals surface area contributed by atoms with Crippen molar-refractivity contribution in [2.24, 2.45) is 0 Å². The van der Waals surface area contributed by atoms with E-state index in [2.05, 4.69) is 21.2 Å². The molecule has 120 valence electrons. The number of rotatable bonds is 3. The fourth-order valence-electron chi connectivity index (χ4n) is 2.75. The van der Waals surface area contributed by atoms with Crippen LogP contribution in [0, 0.1) is 19.7 Å². The molecule has 0 aliphatic carbocycles. The first-order valence-corrected chi connectivity index (χ1v) is 8.27. The van der Waals surface area contributed by atoms with E-state index in [4.69, 9.17) is 4.52 Å². The summed E-state index contributed by atoms with van der Waals surface area (Å²) in [5, 5.41) is 4.99. The summed E-state index contributed by atoms with van der Waals surface area (Å²) in [6, 6.07) is 8.62. The zero-order valence-electron chi connectivity index (χ0n) is 13.1. The Kier molecular flexibility index (Phi) is 3.61. The number of benzene rings is 1. The van der Waals surface area contributed by atoms with Gasteiger partial charge in [0.15, 0.2) is 0 Å². The second kappa shape index (κ2) is 5.79. The molecule has 0 aliphatic rings. The summed E-state index contributed by atoms with van der Waals surface area (Å²) >= 11 is 1.50. The Hall–Kier alpha value is -2.60. The van der Waals surface area contributed by atoms with Crippen molar-refractivity contribution in [2.75, 3.05) is 0 Å². The molecule has 0 atom stereocenters. The molecule has 0 saturated carbocycles. The minimum atomic E-state index is -0.241. The highest BCUT2D eigenvalue weighted by atomic mass is 32.2. The molecule has 0 spiro atoms. The molecule has 0 radical (unpaired) electrons. The van der Waals surface area contributed by atoms with Gasteiger partial charge in [-0.1, -0.05) is 23.0 Å². The van der Waals surface area contributed by atoms with Gasteiger partial charge in [-0.05, 0) is 38.1 Å². The van der Waals surface area contributed by atoms with Gasteiger partial charge in [-0.25, -0.2) is 9.37 Å². The molecule has 1 N–H and O–H groups in total. The fraction of sp³-hybridized carbons (Fsp3) is 0.111. The molecule has 0 amide bonds. The minimum Gasteiger partial charge on any atom is -0.361 e. The average molecular weight is 339 g/mol. The van der Waals surface area contributed by atoms with Crippen molar-refractivity contribution in [3.8, 4) is 11.1 Å². The van der Waals surface area contributed by atoms with Crippen molar-refractivity contribution in [1.29, 1.82) is 0 Å². The minimum absolute atomic E-state index is 0.241. The molecular formula is C18H14FN3OS. The lowest BCUT2D eigenvalue weighted by molar-refractivity contribution is 0.393. The number of aryl methyl sites for hydroxylation is 2. The number of fused-ring (bicyclic) bond motifs is 1. The normalized spacial score (nSPS) is 11.3. The second-order valence-corrected chi connectivity index (χ2v) is 6.65. The molecular weight excluding hydrogens is 325 g/mol. The molecule has 24 heavy (non-hydrogen) atoms. The molecule has 4 nitrogen and oxygen atoms in total. The van der Waals surface area contributed by atoms with Crippen LogP contribution in [-0.4, -0.2) is 15.1 Å². The third-order valence-electron chi connectivity index (χ3n) is 3.84. The second-order valence-electron chi connectivity index (χ2n) is 5.53. The summed E-state index contributed by atoms with van der Waals surface area (Å²) < 4.78 is 18.6. The predicted octanol–water partition coefficient (Wildman–Crippen LogP) is 5.13. The molecule has 0 aliphatic heterocycles. The van der Waals surface area contributed by atoms with E-state index in [1.165, 1.54) is 23.9 Å². The van der Waals surface area contributed by atoms with Crippen LogP contribution in [0.5, 0.6) is 0 Å². The van der Waals surface area contributed by atoms with Crippen molar-refractivity contribution >= 4 is 22.8 Å². The Morgan fingerprint density at radius 1 is 1.21 bits per heavy atom. The standard InChI is InChI=1S/C18H14FN3OS/c1-10-17(11(2)23-22-10)12-6-15-16(9-21-18(15)20-8-12)24-14-5-3-4-13(19)7-14/h3-9H,1-2H3,(H,20,21). The average Bonchev–Trinajstić information content (AvgIpc) is 3.11. The summed E-state index contributed by atoms with van der Waals surface area (Å²) in [6.45, 7) is 3.80. The van der Waals surface area contributed by atoms with Gasteiger partial charge in [-0.3, -0.25) is 0 Å². The van der Waals surface area contributed by atoms with Crippen LogP contribution in [0.25, 0.3) is 22.2 Å². The zero-order chi connectivity index (χ0) is 16.7. The molecule has 0 fully saturated rings. The Morgan fingerprint density at radius 2 is 2.08 bits per heavy atom. The molecule has 1 aromatic carbocycles. The van der Waals surface area contributed by atoms with E-state index in [-0.39, 0.29) is 5.82 Å². The van der Waals surface area contributed by atoms with Gasteiger partial charge in [0.25, 0.3) is 0 Å². The summed E-state index contributed by atoms with van der Waals surface area (Å²) in [5.41, 5.74) is 3.56. The number of pyridine rings is 1. The third kappa shape index (κ3) is 2.59. The third-order valence-corrected chi connectivity index (χ3v) is 4.89. The quantitative estimate of drug-likeness (QED) is 0.562. The number of aromatic amines is 1.